The summed E-state index contributed by atoms with van der Waals surface area (Å²) in [5, 5.41) is 8.00. The third-order valence-corrected chi connectivity index (χ3v) is 11.1. The van der Waals surface area contributed by atoms with E-state index in [0.29, 0.717) is 48.8 Å². The third kappa shape index (κ3) is 7.74. The van der Waals surface area contributed by atoms with Crippen LogP contribution in [0, 0.1) is 11.3 Å². The van der Waals surface area contributed by atoms with Crippen LogP contribution in [0.3, 0.4) is 0 Å². The maximum Gasteiger partial charge on any atom is 0.394 e. The number of nitrogens with zero attached hydrogens (tertiary/aromatic N) is 5. The number of carbonyl (C=O) groups is 1. The molecule has 2 fully saturated rings. The molecule has 15 heteroatoms. The zero-order valence-electron chi connectivity index (χ0n) is 29.1. The van der Waals surface area contributed by atoms with Gasteiger partial charge in [-0.2, -0.15) is 13.2 Å². The zero-order valence-corrected chi connectivity index (χ0v) is 29.9. The fourth-order valence-corrected chi connectivity index (χ4v) is 7.88. The average Bonchev–Trinajstić information content (AvgIpc) is 3.68. The van der Waals surface area contributed by atoms with Crippen molar-refractivity contribution in [3.05, 3.63) is 78.0 Å². The Morgan fingerprint density at radius 3 is 2.60 bits per heavy atom. The molecule has 4 bridgehead atoms. The predicted octanol–water partition coefficient (Wildman–Crippen LogP) is 7.01. The van der Waals surface area contributed by atoms with Crippen molar-refractivity contribution in [2.75, 3.05) is 29.9 Å². The Hall–Kier alpha value is -4.66. The first-order valence-corrected chi connectivity index (χ1v) is 18.7. The summed E-state index contributed by atoms with van der Waals surface area (Å²) in [6, 6.07) is 18.0. The number of ether oxygens (including phenoxy) is 2. The van der Waals surface area contributed by atoms with Gasteiger partial charge >= 0.3 is 6.18 Å². The van der Waals surface area contributed by atoms with Crippen LogP contribution in [0.5, 0.6) is 11.6 Å². The summed E-state index contributed by atoms with van der Waals surface area (Å²) in [4.78, 5) is 25.5. The van der Waals surface area contributed by atoms with E-state index in [4.69, 9.17) is 14.5 Å². The predicted molar refractivity (Wildman–Crippen MR) is 190 cm³/mol. The fourth-order valence-electron chi connectivity index (χ4n) is 7.13. The van der Waals surface area contributed by atoms with E-state index in [1.54, 1.807) is 36.5 Å². The summed E-state index contributed by atoms with van der Waals surface area (Å²) in [5.74, 6) is 1.86. The SMILES string of the molecule is CC1(C)CC2CCCNc3nc(ccc3OCc3ccccc3)S(=O)NC(=O)c3ccc(-n4ccc(OCCCC5(C(F)(F)F)CC5)n4)nc3N1C2. The third-order valence-electron chi connectivity index (χ3n) is 10.2. The van der Waals surface area contributed by atoms with Gasteiger partial charge < -0.3 is 19.7 Å². The van der Waals surface area contributed by atoms with Crippen molar-refractivity contribution < 1.29 is 31.6 Å². The second-order valence-electron chi connectivity index (χ2n) is 14.4. The largest absolute Gasteiger partial charge is 0.485 e. The number of nitrogens with one attached hydrogen (secondary N) is 2. The molecule has 7 rings (SSSR count). The summed E-state index contributed by atoms with van der Waals surface area (Å²) < 4.78 is 69.3. The number of rotatable bonds is 9. The number of carbonyl (C=O) groups excluding carboxylic acids is 1. The van der Waals surface area contributed by atoms with Gasteiger partial charge in [-0.1, -0.05) is 30.3 Å². The van der Waals surface area contributed by atoms with Crippen LogP contribution >= 0.6 is 0 Å². The van der Waals surface area contributed by atoms with Gasteiger partial charge in [-0.25, -0.2) is 18.9 Å². The van der Waals surface area contributed by atoms with Crippen molar-refractivity contribution >= 4 is 28.5 Å². The van der Waals surface area contributed by atoms with E-state index in [0.717, 1.165) is 24.8 Å². The van der Waals surface area contributed by atoms with Gasteiger partial charge in [-0.15, -0.1) is 5.10 Å². The highest BCUT2D eigenvalue weighted by Crippen LogP contribution is 2.60. The van der Waals surface area contributed by atoms with Crippen LogP contribution in [0.2, 0.25) is 0 Å². The van der Waals surface area contributed by atoms with Gasteiger partial charge in [0.15, 0.2) is 33.4 Å². The lowest BCUT2D eigenvalue weighted by Gasteiger charge is -2.34. The van der Waals surface area contributed by atoms with E-state index >= 15 is 0 Å². The number of alkyl halides is 3. The van der Waals surface area contributed by atoms with Gasteiger partial charge in [-0.3, -0.25) is 9.52 Å². The van der Waals surface area contributed by atoms with Gasteiger partial charge in [0.05, 0.1) is 17.6 Å². The van der Waals surface area contributed by atoms with Crippen LogP contribution in [0.1, 0.15) is 74.7 Å². The number of benzene rings is 1. The molecule has 11 nitrogen and oxygen atoms in total. The van der Waals surface area contributed by atoms with Gasteiger partial charge in [-0.05, 0) is 94.5 Å². The Morgan fingerprint density at radius 2 is 1.83 bits per heavy atom. The van der Waals surface area contributed by atoms with Crippen LogP contribution < -0.4 is 24.4 Å². The molecule has 3 aliphatic rings. The first kappa shape index (κ1) is 35.7. The minimum absolute atomic E-state index is 0.0330. The minimum atomic E-state index is -4.18. The second kappa shape index (κ2) is 14.4. The summed E-state index contributed by atoms with van der Waals surface area (Å²) in [6.45, 7) is 5.99. The maximum atomic E-state index is 13.8. The maximum absolute atomic E-state index is 13.8. The highest BCUT2D eigenvalue weighted by molar-refractivity contribution is 7.83. The van der Waals surface area contributed by atoms with Crippen molar-refractivity contribution in [3.8, 4) is 17.4 Å². The van der Waals surface area contributed by atoms with E-state index in [1.165, 1.54) is 4.68 Å². The molecule has 276 valence electrons. The fraction of sp³-hybridized carbons (Fsp3) is 0.459. The monoisotopic (exact) mass is 737 g/mol. The van der Waals surface area contributed by atoms with E-state index in [9.17, 15) is 22.2 Å². The van der Waals surface area contributed by atoms with Gasteiger partial charge in [0.1, 0.15) is 12.4 Å². The van der Waals surface area contributed by atoms with Crippen molar-refractivity contribution in [1.29, 1.82) is 0 Å². The number of amides is 1. The smallest absolute Gasteiger partial charge is 0.394 e. The average molecular weight is 738 g/mol. The minimum Gasteiger partial charge on any atom is -0.485 e. The van der Waals surface area contributed by atoms with Crippen molar-refractivity contribution in [2.24, 2.45) is 11.3 Å². The summed E-state index contributed by atoms with van der Waals surface area (Å²) >= 11 is 0. The molecule has 2 atom stereocenters. The second-order valence-corrected chi connectivity index (χ2v) is 15.6. The van der Waals surface area contributed by atoms with Crippen molar-refractivity contribution in [2.45, 2.75) is 82.1 Å². The first-order chi connectivity index (χ1) is 24.9. The van der Waals surface area contributed by atoms with Crippen molar-refractivity contribution in [1.82, 2.24) is 24.5 Å². The Morgan fingerprint density at radius 1 is 1.02 bits per heavy atom. The summed E-state index contributed by atoms with van der Waals surface area (Å²) in [5.41, 5.74) is -0.647. The van der Waals surface area contributed by atoms with Gasteiger partial charge in [0.2, 0.25) is 5.88 Å². The molecule has 2 unspecified atom stereocenters. The normalized spacial score (nSPS) is 20.9. The number of aromatic nitrogens is 4. The number of pyridine rings is 2. The molecule has 1 aromatic carbocycles. The van der Waals surface area contributed by atoms with E-state index in [2.05, 4.69) is 38.9 Å². The van der Waals surface area contributed by atoms with Crippen LogP contribution in [-0.4, -0.2) is 61.3 Å². The van der Waals surface area contributed by atoms with Gasteiger partial charge in [0, 0.05) is 30.9 Å². The lowest BCUT2D eigenvalue weighted by atomic mass is 9.93. The molecule has 1 saturated carbocycles. The summed E-state index contributed by atoms with van der Waals surface area (Å²) in [7, 11) is -1.99. The molecule has 0 radical (unpaired) electrons. The molecule has 5 heterocycles. The lowest BCUT2D eigenvalue weighted by Crippen LogP contribution is -2.40. The zero-order chi connectivity index (χ0) is 36.5. The van der Waals surface area contributed by atoms with Gasteiger partial charge in [0.25, 0.3) is 5.91 Å². The first-order valence-electron chi connectivity index (χ1n) is 17.6. The highest BCUT2D eigenvalue weighted by Gasteiger charge is 2.62. The lowest BCUT2D eigenvalue weighted by molar-refractivity contribution is -0.189. The molecule has 1 amide bonds. The number of hydrogen-bond donors (Lipinski definition) is 2. The molecule has 1 aliphatic carbocycles. The highest BCUT2D eigenvalue weighted by atomic mass is 32.2. The molecule has 52 heavy (non-hydrogen) atoms. The number of fused-ring (bicyclic) bond motifs is 6. The van der Waals surface area contributed by atoms with Crippen LogP contribution in [-0.2, 0) is 17.6 Å². The molecule has 4 aromatic rings. The van der Waals surface area contributed by atoms with E-state index in [1.807, 2.05) is 30.3 Å². The molecule has 1 saturated heterocycles. The number of halogens is 3. The molecule has 2 N–H and O–H groups in total. The van der Waals surface area contributed by atoms with Crippen LogP contribution in [0.15, 0.2) is 71.9 Å². The van der Waals surface area contributed by atoms with Crippen molar-refractivity contribution in [3.63, 3.8) is 0 Å². The van der Waals surface area contributed by atoms with Crippen LogP contribution in [0.4, 0.5) is 24.8 Å². The Balaban J connectivity index is 1.11. The van der Waals surface area contributed by atoms with E-state index in [-0.39, 0.29) is 54.3 Å². The molecule has 3 aromatic heterocycles. The Labute approximate surface area is 302 Å². The molecular formula is C37H42F3N7O4S. The number of hydrogen-bond acceptors (Lipinski definition) is 9. The Kier molecular flexibility index (Phi) is 9.89. The Bertz CT molecular complexity index is 1930. The topological polar surface area (TPSA) is 124 Å². The molecule has 2 aliphatic heterocycles. The molecular weight excluding hydrogens is 696 g/mol. The molecule has 0 spiro atoms. The van der Waals surface area contributed by atoms with Crippen LogP contribution in [0.25, 0.3) is 5.82 Å². The standard InChI is InChI=1S/C37H42F3N7O4S/c1-35(2)22-26-10-6-19-41-32-28(51-24-25-8-4-3-5-9-25)12-14-31(43-32)52(49)45-34(48)27-11-13-29(42-33(27)46(35)23-26)47-20-15-30(44-47)50-21-7-16-36(17-18-36)37(38,39)40/h3-5,8-9,11-15,20,26H,6-7,10,16-19,21-24H2,1-2H3,(H,41,43)(H,45,48). The quantitative estimate of drug-likeness (QED) is 0.175. The number of anilines is 2. The summed E-state index contributed by atoms with van der Waals surface area (Å²) in [6.07, 6.45) is 0.767. The van der Waals surface area contributed by atoms with E-state index < -0.39 is 28.5 Å².